The number of carbonyl (C=O) groups is 2. The monoisotopic (exact) mass is 861 g/mol. The first-order valence-corrected chi connectivity index (χ1v) is 26.2. The van der Waals surface area contributed by atoms with Crippen LogP contribution in [0.2, 0.25) is 0 Å². The Balaban J connectivity index is 4.56. The van der Waals surface area contributed by atoms with Crippen LogP contribution in [0.1, 0.15) is 233 Å². The molecule has 0 heterocycles. The smallest absolute Gasteiger partial charge is 0.384 e. The minimum atomic E-state index is -4.24. The van der Waals surface area contributed by atoms with Gasteiger partial charge in [0.2, 0.25) is 0 Å². The van der Waals surface area contributed by atoms with Crippen molar-refractivity contribution in [2.75, 3.05) is 33.9 Å². The molecule has 59 heavy (non-hydrogen) atoms. The van der Waals surface area contributed by atoms with Crippen LogP contribution in [0.25, 0.3) is 0 Å². The molecule has 11 heteroatoms. The summed E-state index contributed by atoms with van der Waals surface area (Å²) >= 11 is 0. The molecule has 0 aliphatic heterocycles. The third-order valence-corrected chi connectivity index (χ3v) is 13.8. The number of ether oxygens (including phenoxy) is 2. The van der Waals surface area contributed by atoms with E-state index in [9.17, 15) is 29.3 Å². The molecular formula is C48H95NO9P+. The van der Waals surface area contributed by atoms with E-state index in [1.807, 2.05) is 0 Å². The van der Waals surface area contributed by atoms with Crippen LogP contribution in [0, 0.1) is 0 Å². The molecule has 0 aliphatic carbocycles. The van der Waals surface area contributed by atoms with E-state index in [1.165, 1.54) is 141 Å². The van der Waals surface area contributed by atoms with Gasteiger partial charge in [-0.05, 0) is 45.4 Å². The van der Waals surface area contributed by atoms with E-state index < -0.39 is 38.3 Å². The van der Waals surface area contributed by atoms with Gasteiger partial charge in [-0.1, -0.05) is 180 Å². The maximum atomic E-state index is 13.3. The minimum absolute atomic E-state index is 0.0140. The second kappa shape index (κ2) is 39.5. The number of aliphatic hydroxyl groups is 2. The molecule has 3 N–H and O–H groups in total. The molecule has 10 nitrogen and oxygen atoms in total. The van der Waals surface area contributed by atoms with Crippen LogP contribution in [0.4, 0.5) is 0 Å². The molecule has 0 fully saturated rings. The van der Waals surface area contributed by atoms with Crippen molar-refractivity contribution < 1.29 is 47.7 Å². The molecule has 0 aliphatic rings. The molecule has 0 aromatic rings. The molecular weight excluding hydrogens is 766 g/mol. The predicted molar refractivity (Wildman–Crippen MR) is 244 cm³/mol. The van der Waals surface area contributed by atoms with Gasteiger partial charge in [0, 0.05) is 19.3 Å². The molecule has 0 aromatic carbocycles. The number of quaternary nitrogens is 1. The summed E-state index contributed by atoms with van der Waals surface area (Å²) in [4.78, 5) is 36.3. The number of carbonyl (C=O) groups excluding carboxylic acids is 2. The zero-order valence-electron chi connectivity index (χ0n) is 39.0. The molecule has 350 valence electrons. The summed E-state index contributed by atoms with van der Waals surface area (Å²) in [7, 11) is -0.810. The number of hydrogen-bond acceptors (Lipinski definition) is 8. The molecule has 0 bridgehead atoms. The van der Waals surface area contributed by atoms with Crippen molar-refractivity contribution in [1.29, 1.82) is 0 Å². The lowest BCUT2D eigenvalue weighted by atomic mass is 10.0. The summed E-state index contributed by atoms with van der Waals surface area (Å²) in [6.45, 7) is 5.67. The Morgan fingerprint density at radius 3 is 1.36 bits per heavy atom. The number of hydrogen-bond donors (Lipinski definition) is 3. The van der Waals surface area contributed by atoms with Crippen molar-refractivity contribution in [3.05, 3.63) is 12.2 Å². The van der Waals surface area contributed by atoms with Gasteiger partial charge in [0.15, 0.2) is 18.2 Å². The van der Waals surface area contributed by atoms with Gasteiger partial charge < -0.3 is 33.6 Å². The summed E-state index contributed by atoms with van der Waals surface area (Å²) in [5.41, 5.74) is 0. The molecule has 0 amide bonds. The highest BCUT2D eigenvalue weighted by Gasteiger charge is 2.42. The average Bonchev–Trinajstić information content (AvgIpc) is 3.20. The fourth-order valence-electron chi connectivity index (χ4n) is 7.28. The van der Waals surface area contributed by atoms with Gasteiger partial charge in [-0.25, -0.2) is 0 Å². The van der Waals surface area contributed by atoms with Crippen LogP contribution >= 0.6 is 7.60 Å². The van der Waals surface area contributed by atoms with Gasteiger partial charge in [0.25, 0.3) is 0 Å². The van der Waals surface area contributed by atoms with E-state index in [-0.39, 0.29) is 42.9 Å². The Morgan fingerprint density at radius 1 is 0.576 bits per heavy atom. The third kappa shape index (κ3) is 37.0. The lowest BCUT2D eigenvalue weighted by molar-refractivity contribution is -0.901. The number of aliphatic hydroxyl groups excluding tert-OH is 1. The maximum absolute atomic E-state index is 13.3. The molecule has 3 atom stereocenters. The second-order valence-corrected chi connectivity index (χ2v) is 19.9. The van der Waals surface area contributed by atoms with Crippen molar-refractivity contribution in [2.24, 2.45) is 0 Å². The normalized spacial score (nSPS) is 14.2. The van der Waals surface area contributed by atoms with Crippen LogP contribution in [-0.2, 0) is 28.2 Å². The zero-order valence-corrected chi connectivity index (χ0v) is 39.9. The van der Waals surface area contributed by atoms with Crippen LogP contribution < -0.4 is 0 Å². The molecule has 0 radical (unpaired) electrons. The van der Waals surface area contributed by atoms with Crippen LogP contribution in [0.5, 0.6) is 0 Å². The lowest BCUT2D eigenvalue weighted by Gasteiger charge is -2.37. The third-order valence-electron chi connectivity index (χ3n) is 11.7. The fourth-order valence-corrected chi connectivity index (χ4v) is 8.78. The molecule has 2 unspecified atom stereocenters. The number of unbranched alkanes of at least 4 members (excludes halogenated alkanes) is 27. The van der Waals surface area contributed by atoms with E-state index in [2.05, 4.69) is 26.0 Å². The standard InChI is InChI=1S/C48H94NO9P/c1-6-8-10-12-14-16-18-20-22-23-25-27-29-31-33-35-37-39-48(53)58-45(43-57-59(54,55)44(3)49(4,5)41-40-46(50)51)42-56-47(52)38-36-34-32-30-28-26-24-21-19-17-15-13-11-9-7-2/h22-23,44-46,50-51H,6-21,24-43H2,1-5H3/p+1/b23-22-/t44?,45-/m1/s1. The summed E-state index contributed by atoms with van der Waals surface area (Å²) in [6, 6.07) is 0. The first kappa shape index (κ1) is 57.7. The van der Waals surface area contributed by atoms with Crippen molar-refractivity contribution in [3.63, 3.8) is 0 Å². The number of nitrogens with zero attached hydrogens (tertiary/aromatic N) is 1. The summed E-state index contributed by atoms with van der Waals surface area (Å²) < 4.78 is 29.9. The Morgan fingerprint density at radius 2 is 0.949 bits per heavy atom. The van der Waals surface area contributed by atoms with E-state index in [0.717, 1.165) is 44.9 Å². The highest BCUT2D eigenvalue weighted by Crippen LogP contribution is 2.50. The molecule has 0 saturated heterocycles. The van der Waals surface area contributed by atoms with Crippen LogP contribution in [-0.4, -0.2) is 83.6 Å². The minimum Gasteiger partial charge on any atom is -0.462 e. The molecule has 0 saturated carbocycles. The Bertz CT molecular complexity index is 1050. The van der Waals surface area contributed by atoms with Gasteiger partial charge in [-0.3, -0.25) is 14.2 Å². The molecule has 0 aromatic heterocycles. The Labute approximate surface area is 363 Å². The van der Waals surface area contributed by atoms with E-state index in [0.29, 0.717) is 6.42 Å². The van der Waals surface area contributed by atoms with E-state index in [1.54, 1.807) is 21.0 Å². The molecule has 0 rings (SSSR count). The highest BCUT2D eigenvalue weighted by atomic mass is 31.2. The number of allylic oxidation sites excluding steroid dienone is 2. The number of rotatable bonds is 44. The predicted octanol–water partition coefficient (Wildman–Crippen LogP) is 12.8. The summed E-state index contributed by atoms with van der Waals surface area (Å²) in [5, 5.41) is 18.6. The van der Waals surface area contributed by atoms with Crippen molar-refractivity contribution in [3.8, 4) is 0 Å². The maximum Gasteiger partial charge on any atom is 0.384 e. The quantitative estimate of drug-likeness (QED) is 0.0136. The fraction of sp³-hybridized carbons (Fsp3) is 0.917. The number of esters is 2. The van der Waals surface area contributed by atoms with Gasteiger partial charge in [0.1, 0.15) is 6.61 Å². The first-order valence-electron chi connectivity index (χ1n) is 24.5. The first-order chi connectivity index (χ1) is 28.4. The Kier molecular flexibility index (Phi) is 38.7. The topological polar surface area (TPSA) is 140 Å². The van der Waals surface area contributed by atoms with Gasteiger partial charge in [0.05, 0.1) is 27.2 Å². The highest BCUT2D eigenvalue weighted by molar-refractivity contribution is 7.53. The van der Waals surface area contributed by atoms with Crippen molar-refractivity contribution in [1.82, 2.24) is 0 Å². The van der Waals surface area contributed by atoms with Crippen molar-refractivity contribution in [2.45, 2.75) is 251 Å². The lowest BCUT2D eigenvalue weighted by Crippen LogP contribution is -2.49. The summed E-state index contributed by atoms with van der Waals surface area (Å²) in [5.74, 6) is -1.72. The van der Waals surface area contributed by atoms with Crippen molar-refractivity contribution >= 4 is 19.5 Å². The zero-order chi connectivity index (χ0) is 43.9. The average molecular weight is 861 g/mol. The largest absolute Gasteiger partial charge is 0.462 e. The van der Waals surface area contributed by atoms with Gasteiger partial charge in [-0.15, -0.1) is 0 Å². The summed E-state index contributed by atoms with van der Waals surface area (Å²) in [6.07, 6.45) is 39.1. The van der Waals surface area contributed by atoms with Gasteiger partial charge in [-0.2, -0.15) is 0 Å². The van der Waals surface area contributed by atoms with E-state index in [4.69, 9.17) is 14.0 Å². The van der Waals surface area contributed by atoms with Crippen LogP contribution in [0.15, 0.2) is 12.2 Å². The van der Waals surface area contributed by atoms with E-state index >= 15 is 0 Å². The van der Waals surface area contributed by atoms with Gasteiger partial charge >= 0.3 is 19.5 Å². The Hall–Kier alpha value is -1.29. The van der Waals surface area contributed by atoms with Crippen LogP contribution in [0.3, 0.4) is 0 Å². The SMILES string of the molecule is CCCCCCCCC/C=C\CCCCCCCCC(=O)O[C@H](COC(=O)CCCCCCCCCCCCCCCCC)COP(=O)(O)C(C)[N+](C)(C)CCC(O)O. The second-order valence-electron chi connectivity index (χ2n) is 17.8. The molecule has 0 spiro atoms.